The highest BCUT2D eigenvalue weighted by Crippen LogP contribution is 2.41. The van der Waals surface area contributed by atoms with Gasteiger partial charge in [-0.25, -0.2) is 0 Å². The maximum absolute atomic E-state index is 12.7. The molecule has 0 saturated carbocycles. The van der Waals surface area contributed by atoms with Gasteiger partial charge in [-0.2, -0.15) is 0 Å². The second-order valence-electron chi connectivity index (χ2n) is 9.76. The Morgan fingerprint density at radius 2 is 1.54 bits per heavy atom. The van der Waals surface area contributed by atoms with Crippen LogP contribution < -0.4 is 4.74 Å². The van der Waals surface area contributed by atoms with E-state index in [0.29, 0.717) is 0 Å². The van der Waals surface area contributed by atoms with E-state index in [9.17, 15) is 37.5 Å². The third-order valence-electron chi connectivity index (χ3n) is 6.66. The fraction of sp³-hybridized carbons (Fsp3) is 0.400. The monoisotopic (exact) mass is 675 g/mol. The zero-order valence-electron chi connectivity index (χ0n) is 27.6. The molecule has 0 spiro atoms. The summed E-state index contributed by atoms with van der Waals surface area (Å²) in [6.07, 6.45) is -13.6. The van der Waals surface area contributed by atoms with E-state index in [4.69, 9.17) is 40.8 Å². The average Bonchev–Trinajstić information content (AvgIpc) is 3.48. The number of halogens is 4. The number of aliphatic hydroxyl groups is 1. The fourth-order valence-electron chi connectivity index (χ4n) is 5.03. The number of ether oxygens (including phenoxy) is 6. The highest BCUT2D eigenvalue weighted by molar-refractivity contribution is 6.35. The van der Waals surface area contributed by atoms with E-state index >= 15 is 0 Å². The van der Waals surface area contributed by atoms with E-state index in [1.54, 1.807) is 0 Å². The van der Waals surface area contributed by atoms with Crippen LogP contribution in [0, 0.1) is 0 Å². The molecule has 4 rings (SSSR count). The maximum atomic E-state index is 12.7. The van der Waals surface area contributed by atoms with E-state index in [2.05, 4.69) is 4.74 Å². The van der Waals surface area contributed by atoms with E-state index in [0.717, 1.165) is 12.1 Å². The van der Waals surface area contributed by atoms with Gasteiger partial charge in [-0.3, -0.25) is 19.2 Å². The van der Waals surface area contributed by atoms with Crippen LogP contribution in [0.1, 0.15) is 56.5 Å². The molecule has 2 aromatic carbocycles. The van der Waals surface area contributed by atoms with Gasteiger partial charge in [0.2, 0.25) is 0 Å². The number of hydrogen-bond donors (Lipinski definition) is 1. The molecular formula is C30H29ClF3NO11. The first kappa shape index (κ1) is 29.1. The lowest BCUT2D eigenvalue weighted by molar-refractivity contribution is -0.274. The summed E-state index contributed by atoms with van der Waals surface area (Å²) in [6, 6.07) is 8.83. The zero-order valence-corrected chi connectivity index (χ0v) is 24.4. The van der Waals surface area contributed by atoms with Crippen LogP contribution in [-0.4, -0.2) is 70.9 Å². The molecule has 2 heterocycles. The highest BCUT2D eigenvalue weighted by atomic mass is 35.5. The van der Waals surface area contributed by atoms with E-state index in [1.165, 1.54) is 41.1 Å². The third-order valence-corrected chi connectivity index (χ3v) is 6.97. The molecule has 0 radical (unpaired) electrons. The topological polar surface area (TPSA) is 149 Å². The van der Waals surface area contributed by atoms with Crippen molar-refractivity contribution in [3.8, 4) is 5.75 Å². The molecule has 1 aliphatic heterocycles. The summed E-state index contributed by atoms with van der Waals surface area (Å²) in [5.41, 5.74) is 0.378. The van der Waals surface area contributed by atoms with Crippen molar-refractivity contribution in [1.29, 1.82) is 0 Å². The van der Waals surface area contributed by atoms with Gasteiger partial charge in [-0.05, 0) is 29.8 Å². The molecule has 248 valence electrons. The number of fused-ring (bicyclic) bond motifs is 1. The Morgan fingerprint density at radius 3 is 2.15 bits per heavy atom. The Morgan fingerprint density at radius 1 is 0.935 bits per heavy atom. The molecule has 1 aliphatic rings. The van der Waals surface area contributed by atoms with Crippen molar-refractivity contribution in [1.82, 2.24) is 4.57 Å². The van der Waals surface area contributed by atoms with Gasteiger partial charge in [-0.1, -0.05) is 29.8 Å². The van der Waals surface area contributed by atoms with Crippen molar-refractivity contribution in [2.24, 2.45) is 0 Å². The number of rotatable bonds is 9. The van der Waals surface area contributed by atoms with Gasteiger partial charge in [0.1, 0.15) is 24.6 Å². The maximum Gasteiger partial charge on any atom is 0.573 e. The molecule has 12 nitrogen and oxygen atoms in total. The molecule has 0 aliphatic carbocycles. The third kappa shape index (κ3) is 8.08. The summed E-state index contributed by atoms with van der Waals surface area (Å²) in [4.78, 5) is 49.4. The SMILES string of the molecule is [2H]CC(=O)OC[C@H]1OC(n2cc(C(O)c3ccc(OC(F)(F)F)cc3)c3c(Cl)cccc32)[C@H](OC(=O)C[2H])[C@@H](OC(=O)C[2H])[C@@H]1OC(=O)C[2H]. The van der Waals surface area contributed by atoms with Crippen LogP contribution in [0.15, 0.2) is 48.7 Å². The Bertz CT molecular complexity index is 1690. The number of carbonyl (C=O) groups excluding carboxylic acids is 4. The minimum absolute atomic E-state index is 0.0731. The highest BCUT2D eigenvalue weighted by Gasteiger charge is 2.53. The molecule has 6 atom stereocenters. The molecule has 0 bridgehead atoms. The average molecular weight is 676 g/mol. The van der Waals surface area contributed by atoms with Crippen LogP contribution in [0.3, 0.4) is 0 Å². The Kier molecular flexibility index (Phi) is 8.83. The largest absolute Gasteiger partial charge is 0.573 e. The van der Waals surface area contributed by atoms with Gasteiger partial charge in [0, 0.05) is 50.2 Å². The van der Waals surface area contributed by atoms with Gasteiger partial charge >= 0.3 is 30.2 Å². The summed E-state index contributed by atoms with van der Waals surface area (Å²) in [7, 11) is 0. The minimum atomic E-state index is -4.95. The van der Waals surface area contributed by atoms with Crippen molar-refractivity contribution in [3.05, 3.63) is 64.8 Å². The molecule has 46 heavy (non-hydrogen) atoms. The minimum Gasteiger partial charge on any atom is -0.463 e. The Balaban J connectivity index is 1.89. The van der Waals surface area contributed by atoms with Gasteiger partial charge in [0.15, 0.2) is 24.5 Å². The van der Waals surface area contributed by atoms with E-state index in [1.807, 2.05) is 0 Å². The number of benzene rings is 2. The molecule has 3 aromatic rings. The van der Waals surface area contributed by atoms with Crippen LogP contribution in [0.2, 0.25) is 5.02 Å². The molecule has 2 unspecified atom stereocenters. The quantitative estimate of drug-likeness (QED) is 0.252. The number of aliphatic hydroxyl groups excluding tert-OH is 1. The van der Waals surface area contributed by atoms with Crippen molar-refractivity contribution < 1.29 is 71.4 Å². The summed E-state index contributed by atoms with van der Waals surface area (Å²) >= 11 is 6.57. The molecule has 16 heteroatoms. The number of nitrogens with zero attached hydrogens (tertiary/aromatic N) is 1. The summed E-state index contributed by atoms with van der Waals surface area (Å²) in [6.45, 7) is -4.30. The van der Waals surface area contributed by atoms with Crippen molar-refractivity contribution in [2.75, 3.05) is 6.61 Å². The summed E-state index contributed by atoms with van der Waals surface area (Å²) < 4.78 is 101. The van der Waals surface area contributed by atoms with Gasteiger partial charge in [-0.15, -0.1) is 13.2 Å². The van der Waals surface area contributed by atoms with Crippen LogP contribution in [0.4, 0.5) is 13.2 Å². The molecule has 1 fully saturated rings. The molecule has 1 N–H and O–H groups in total. The van der Waals surface area contributed by atoms with Crippen LogP contribution in [0.5, 0.6) is 5.75 Å². The van der Waals surface area contributed by atoms with Gasteiger partial charge in [0.25, 0.3) is 0 Å². The van der Waals surface area contributed by atoms with Crippen molar-refractivity contribution in [3.63, 3.8) is 0 Å². The first-order valence-corrected chi connectivity index (χ1v) is 13.5. The summed E-state index contributed by atoms with van der Waals surface area (Å²) in [5, 5.41) is 11.8. The van der Waals surface area contributed by atoms with Crippen molar-refractivity contribution >= 4 is 46.4 Å². The lowest BCUT2D eigenvalue weighted by Gasteiger charge is -2.44. The van der Waals surface area contributed by atoms with Gasteiger partial charge < -0.3 is 38.1 Å². The van der Waals surface area contributed by atoms with Crippen LogP contribution in [-0.2, 0) is 42.9 Å². The van der Waals surface area contributed by atoms with Crippen molar-refractivity contribution in [2.45, 2.75) is 70.7 Å². The molecular weight excluding hydrogens is 643 g/mol. The predicted octanol–water partition coefficient (Wildman–Crippen LogP) is 4.53. The number of alkyl halides is 3. The first-order chi connectivity index (χ1) is 23.7. The van der Waals surface area contributed by atoms with E-state index < -0.39 is 107 Å². The summed E-state index contributed by atoms with van der Waals surface area (Å²) in [5.74, 6) is -5.05. The number of carbonyl (C=O) groups is 4. The normalized spacial score (nSPS) is 23.2. The smallest absolute Gasteiger partial charge is 0.463 e. The second-order valence-corrected chi connectivity index (χ2v) is 10.2. The van der Waals surface area contributed by atoms with Gasteiger partial charge in [0.05, 0.1) is 10.5 Å². The fourth-order valence-corrected chi connectivity index (χ4v) is 5.31. The van der Waals surface area contributed by atoms with Crippen LogP contribution in [0.25, 0.3) is 10.9 Å². The lowest BCUT2D eigenvalue weighted by atomic mass is 9.97. The van der Waals surface area contributed by atoms with Crippen LogP contribution >= 0.6 is 11.6 Å². The Hall–Kier alpha value is -4.34. The lowest BCUT2D eigenvalue weighted by Crippen LogP contribution is -2.60. The first-order valence-electron chi connectivity index (χ1n) is 15.9. The predicted molar refractivity (Wildman–Crippen MR) is 151 cm³/mol. The molecule has 0 amide bonds. The second kappa shape index (κ2) is 14.0. The number of aromatic nitrogens is 1. The zero-order chi connectivity index (χ0) is 36.7. The molecule has 1 saturated heterocycles. The number of hydrogen-bond acceptors (Lipinski definition) is 11. The standard InChI is InChI=1S/C30H29ClF3NO11/c1-14(36)41-13-23-26(42-15(2)37)27(43-16(3)38)28(44-17(4)39)29(45-23)35-12-20(24-21(31)6-5-7-22(24)35)25(40)18-8-10-19(11-9-18)46-30(32,33)34/h5-12,23,25-29,40H,13H2,1-4H3/t23-,25?,26-,27+,28-,29?/m1/s1/i1D,2D,3D,4D. The molecule has 1 aromatic heterocycles. The van der Waals surface area contributed by atoms with E-state index in [-0.39, 0.29) is 27.1 Å². The Labute approximate surface area is 270 Å². The number of esters is 4.